The van der Waals surface area contributed by atoms with E-state index in [2.05, 4.69) is 9.71 Å². The summed E-state index contributed by atoms with van der Waals surface area (Å²) >= 11 is 0. The van der Waals surface area contributed by atoms with Crippen molar-refractivity contribution in [3.05, 3.63) is 41.6 Å². The maximum Gasteiger partial charge on any atom is 0.265 e. The van der Waals surface area contributed by atoms with Crippen molar-refractivity contribution in [3.8, 4) is 0 Å². The molecule has 2 aromatic rings. The van der Waals surface area contributed by atoms with E-state index in [4.69, 9.17) is 9.52 Å². The minimum atomic E-state index is -3.75. The minimum Gasteiger partial charge on any atom is -0.462 e. The third-order valence-electron chi connectivity index (χ3n) is 2.65. The molecule has 0 aliphatic carbocycles. The van der Waals surface area contributed by atoms with E-state index in [1.54, 1.807) is 19.2 Å². The first kappa shape index (κ1) is 13.6. The first-order chi connectivity index (χ1) is 8.94. The van der Waals surface area contributed by atoms with E-state index >= 15 is 0 Å². The van der Waals surface area contributed by atoms with Crippen LogP contribution in [0.2, 0.25) is 0 Å². The Labute approximate surface area is 111 Å². The van der Waals surface area contributed by atoms with Gasteiger partial charge in [0.25, 0.3) is 10.0 Å². The molecule has 0 amide bonds. The van der Waals surface area contributed by atoms with Gasteiger partial charge in [0.05, 0.1) is 11.9 Å². The van der Waals surface area contributed by atoms with Crippen LogP contribution in [0.3, 0.4) is 0 Å². The van der Waals surface area contributed by atoms with Gasteiger partial charge in [-0.3, -0.25) is 9.71 Å². The molecule has 0 spiro atoms. The van der Waals surface area contributed by atoms with Crippen LogP contribution < -0.4 is 4.72 Å². The van der Waals surface area contributed by atoms with Crippen molar-refractivity contribution in [2.45, 2.75) is 25.3 Å². The van der Waals surface area contributed by atoms with Crippen LogP contribution in [0, 0.1) is 13.8 Å². The molecule has 2 aromatic heterocycles. The average molecular weight is 282 g/mol. The Morgan fingerprint density at radius 2 is 2.16 bits per heavy atom. The molecular weight excluding hydrogens is 268 g/mol. The first-order valence-electron chi connectivity index (χ1n) is 5.57. The Bertz CT molecular complexity index is 692. The van der Waals surface area contributed by atoms with Crippen molar-refractivity contribution in [3.63, 3.8) is 0 Å². The fourth-order valence-electron chi connectivity index (χ4n) is 1.64. The summed E-state index contributed by atoms with van der Waals surface area (Å²) in [5.41, 5.74) is 1.18. The lowest BCUT2D eigenvalue weighted by molar-refractivity contribution is 0.245. The molecule has 0 aliphatic heterocycles. The Balaban J connectivity index is 2.38. The SMILES string of the molecule is Cc1ccncc1NS(=O)(=O)c1cc(CO)oc1C. The Kier molecular flexibility index (Phi) is 3.59. The van der Waals surface area contributed by atoms with Gasteiger partial charge in [0.15, 0.2) is 0 Å². The summed E-state index contributed by atoms with van der Waals surface area (Å²) in [5.74, 6) is 0.443. The van der Waals surface area contributed by atoms with Crippen molar-refractivity contribution < 1.29 is 17.9 Å². The van der Waals surface area contributed by atoms with E-state index in [1.165, 1.54) is 19.2 Å². The van der Waals surface area contributed by atoms with Gasteiger partial charge in [0, 0.05) is 12.3 Å². The van der Waals surface area contributed by atoms with Crippen LogP contribution in [-0.4, -0.2) is 18.5 Å². The minimum absolute atomic E-state index is 0.0137. The number of nitrogens with zero attached hydrogens (tertiary/aromatic N) is 1. The molecule has 2 N–H and O–H groups in total. The number of sulfonamides is 1. The maximum absolute atomic E-state index is 12.2. The summed E-state index contributed by atoms with van der Waals surface area (Å²) in [7, 11) is -3.75. The van der Waals surface area contributed by atoms with Crippen molar-refractivity contribution >= 4 is 15.7 Å². The molecule has 0 radical (unpaired) electrons. The zero-order chi connectivity index (χ0) is 14.0. The molecule has 0 bridgehead atoms. The number of furan rings is 1. The highest BCUT2D eigenvalue weighted by Crippen LogP contribution is 2.23. The molecule has 0 atom stereocenters. The zero-order valence-corrected chi connectivity index (χ0v) is 11.4. The lowest BCUT2D eigenvalue weighted by Gasteiger charge is -2.08. The third-order valence-corrected chi connectivity index (χ3v) is 4.12. The Morgan fingerprint density at radius 1 is 1.42 bits per heavy atom. The average Bonchev–Trinajstić information content (AvgIpc) is 2.74. The number of rotatable bonds is 4. The molecule has 0 unspecified atom stereocenters. The van der Waals surface area contributed by atoms with Crippen molar-refractivity contribution in [1.29, 1.82) is 0 Å². The van der Waals surface area contributed by atoms with Crippen molar-refractivity contribution in [2.75, 3.05) is 4.72 Å². The molecule has 2 rings (SSSR count). The van der Waals surface area contributed by atoms with Crippen molar-refractivity contribution in [1.82, 2.24) is 4.98 Å². The fourth-order valence-corrected chi connectivity index (χ4v) is 2.96. The highest BCUT2D eigenvalue weighted by atomic mass is 32.2. The third kappa shape index (κ3) is 2.77. The Hall–Kier alpha value is -1.86. The molecule has 2 heterocycles. The lowest BCUT2D eigenvalue weighted by atomic mass is 10.3. The molecule has 0 saturated carbocycles. The van der Waals surface area contributed by atoms with E-state index in [-0.39, 0.29) is 23.0 Å². The molecule has 102 valence electrons. The highest BCUT2D eigenvalue weighted by Gasteiger charge is 2.22. The number of hydrogen-bond donors (Lipinski definition) is 2. The van der Waals surface area contributed by atoms with E-state index < -0.39 is 10.0 Å². The van der Waals surface area contributed by atoms with Gasteiger partial charge < -0.3 is 9.52 Å². The number of aromatic nitrogens is 1. The lowest BCUT2D eigenvalue weighted by Crippen LogP contribution is -2.14. The molecular formula is C12H14N2O4S. The topological polar surface area (TPSA) is 92.4 Å². The summed E-state index contributed by atoms with van der Waals surface area (Å²) in [5, 5.41) is 8.96. The number of aryl methyl sites for hydroxylation is 2. The standard InChI is InChI=1S/C12H14N2O4S/c1-8-3-4-13-6-11(8)14-19(16,17)12-5-10(7-15)18-9(12)2/h3-6,14-15H,7H2,1-2H3. The normalized spacial score (nSPS) is 11.5. The summed E-state index contributed by atoms with van der Waals surface area (Å²) in [6.07, 6.45) is 3.02. The van der Waals surface area contributed by atoms with Crippen LogP contribution in [0.15, 0.2) is 33.8 Å². The summed E-state index contributed by atoms with van der Waals surface area (Å²) in [6, 6.07) is 3.02. The number of aliphatic hydroxyl groups is 1. The van der Waals surface area contributed by atoms with Gasteiger partial charge in [0.1, 0.15) is 23.0 Å². The second-order valence-electron chi connectivity index (χ2n) is 4.09. The fraction of sp³-hybridized carbons (Fsp3) is 0.250. The van der Waals surface area contributed by atoms with Gasteiger partial charge in [0.2, 0.25) is 0 Å². The van der Waals surface area contributed by atoms with Crippen LogP contribution >= 0.6 is 0 Å². The Morgan fingerprint density at radius 3 is 2.74 bits per heavy atom. The quantitative estimate of drug-likeness (QED) is 0.888. The van der Waals surface area contributed by atoms with Gasteiger partial charge in [-0.15, -0.1) is 0 Å². The monoisotopic (exact) mass is 282 g/mol. The van der Waals surface area contributed by atoms with Gasteiger partial charge in [-0.1, -0.05) is 0 Å². The van der Waals surface area contributed by atoms with Crippen LogP contribution in [0.5, 0.6) is 0 Å². The number of pyridine rings is 1. The zero-order valence-electron chi connectivity index (χ0n) is 10.5. The predicted octanol–water partition coefficient (Wildman–Crippen LogP) is 1.58. The molecule has 19 heavy (non-hydrogen) atoms. The summed E-state index contributed by atoms with van der Waals surface area (Å²) < 4.78 is 32.0. The van der Waals surface area contributed by atoms with E-state index in [0.29, 0.717) is 5.69 Å². The van der Waals surface area contributed by atoms with Gasteiger partial charge >= 0.3 is 0 Å². The van der Waals surface area contributed by atoms with Crippen LogP contribution in [0.25, 0.3) is 0 Å². The number of nitrogens with one attached hydrogen (secondary N) is 1. The summed E-state index contributed by atoms with van der Waals surface area (Å²) in [4.78, 5) is 3.89. The predicted molar refractivity (Wildman–Crippen MR) is 69.2 cm³/mol. The second kappa shape index (κ2) is 5.02. The molecule has 0 fully saturated rings. The molecule has 0 aromatic carbocycles. The number of anilines is 1. The van der Waals surface area contributed by atoms with Gasteiger partial charge in [-0.05, 0) is 25.5 Å². The highest BCUT2D eigenvalue weighted by molar-refractivity contribution is 7.92. The van der Waals surface area contributed by atoms with E-state index in [1.807, 2.05) is 0 Å². The second-order valence-corrected chi connectivity index (χ2v) is 5.74. The summed E-state index contributed by atoms with van der Waals surface area (Å²) in [6.45, 7) is 2.97. The van der Waals surface area contributed by atoms with E-state index in [0.717, 1.165) is 5.56 Å². The molecule has 6 nitrogen and oxygen atoms in total. The molecule has 0 saturated heterocycles. The largest absolute Gasteiger partial charge is 0.462 e. The number of aliphatic hydroxyl groups excluding tert-OH is 1. The van der Waals surface area contributed by atoms with Crippen LogP contribution in [0.1, 0.15) is 17.1 Å². The smallest absolute Gasteiger partial charge is 0.265 e. The molecule has 0 aliphatic rings. The van der Waals surface area contributed by atoms with E-state index in [9.17, 15) is 8.42 Å². The molecule has 7 heteroatoms. The first-order valence-corrected chi connectivity index (χ1v) is 7.06. The van der Waals surface area contributed by atoms with Crippen LogP contribution in [-0.2, 0) is 16.6 Å². The van der Waals surface area contributed by atoms with Gasteiger partial charge in [-0.2, -0.15) is 0 Å². The number of hydrogen-bond acceptors (Lipinski definition) is 5. The van der Waals surface area contributed by atoms with Crippen molar-refractivity contribution in [2.24, 2.45) is 0 Å². The maximum atomic E-state index is 12.2. The van der Waals surface area contributed by atoms with Gasteiger partial charge in [-0.25, -0.2) is 8.42 Å². The van der Waals surface area contributed by atoms with Crippen LogP contribution in [0.4, 0.5) is 5.69 Å².